The summed E-state index contributed by atoms with van der Waals surface area (Å²) < 4.78 is 37.9. The van der Waals surface area contributed by atoms with Gasteiger partial charge in [0.05, 0.1) is 21.9 Å². The van der Waals surface area contributed by atoms with Gasteiger partial charge in [0, 0.05) is 48.5 Å². The second-order valence-corrected chi connectivity index (χ2v) is 9.88. The average molecular weight is 459 g/mol. The van der Waals surface area contributed by atoms with Crippen LogP contribution in [0.15, 0.2) is 53.7 Å². The highest BCUT2D eigenvalue weighted by Crippen LogP contribution is 2.32. The number of rotatable bonds is 6. The summed E-state index contributed by atoms with van der Waals surface area (Å²) in [5.74, 6) is -0.800. The molecule has 3 aromatic rings. The predicted molar refractivity (Wildman–Crippen MR) is 120 cm³/mol. The fourth-order valence-electron chi connectivity index (χ4n) is 2.93. The molecule has 0 aliphatic carbocycles. The molecule has 0 aliphatic rings. The van der Waals surface area contributed by atoms with Crippen molar-refractivity contribution < 1.29 is 22.7 Å². The van der Waals surface area contributed by atoms with E-state index in [9.17, 15) is 22.7 Å². The zero-order chi connectivity index (χ0) is 23.7. The molecule has 0 saturated heterocycles. The number of nitrogens with one attached hydrogen (secondary N) is 2. The molecule has 3 rings (SSSR count). The Morgan fingerprint density at radius 2 is 1.81 bits per heavy atom. The van der Waals surface area contributed by atoms with E-state index in [1.165, 1.54) is 31.5 Å². The van der Waals surface area contributed by atoms with Gasteiger partial charge in [0.15, 0.2) is 9.84 Å². The number of aliphatic hydroxyl groups is 1. The van der Waals surface area contributed by atoms with Gasteiger partial charge in [0.25, 0.3) is 0 Å². The van der Waals surface area contributed by atoms with Crippen molar-refractivity contribution in [2.75, 3.05) is 16.9 Å². The van der Waals surface area contributed by atoms with Gasteiger partial charge < -0.3 is 15.7 Å². The van der Waals surface area contributed by atoms with Crippen LogP contribution < -0.4 is 10.6 Å². The molecule has 1 aromatic carbocycles. The largest absolute Gasteiger partial charge is 0.386 e. The van der Waals surface area contributed by atoms with Crippen molar-refractivity contribution in [3.8, 4) is 11.3 Å². The van der Waals surface area contributed by atoms with E-state index in [4.69, 9.17) is 0 Å². The molecule has 32 heavy (non-hydrogen) atoms. The molecule has 0 fully saturated rings. The number of aromatic nitrogens is 2. The number of carbonyl (C=O) groups excluding carboxylic acids is 1. The monoisotopic (exact) mass is 458 g/mol. The molecule has 2 aromatic heterocycles. The van der Waals surface area contributed by atoms with Crippen LogP contribution in [0, 0.1) is 5.82 Å². The Balaban J connectivity index is 2.09. The average Bonchev–Trinajstić information content (AvgIpc) is 2.66. The molecule has 0 unspecified atom stereocenters. The lowest BCUT2D eigenvalue weighted by molar-refractivity contribution is -0.114. The summed E-state index contributed by atoms with van der Waals surface area (Å²) in [5, 5.41) is 15.7. The number of hydrogen-bond donors (Lipinski definition) is 3. The normalized spacial score (nSPS) is 11.8. The molecule has 8 nitrogen and oxygen atoms in total. The molecule has 0 saturated carbocycles. The lowest BCUT2D eigenvalue weighted by Crippen LogP contribution is -2.15. The van der Waals surface area contributed by atoms with Gasteiger partial charge in [-0.15, -0.1) is 0 Å². The van der Waals surface area contributed by atoms with Gasteiger partial charge in [-0.2, -0.15) is 0 Å². The first-order chi connectivity index (χ1) is 14.8. The van der Waals surface area contributed by atoms with E-state index in [0.717, 1.165) is 18.4 Å². The molecule has 2 heterocycles. The van der Waals surface area contributed by atoms with E-state index >= 15 is 0 Å². The SMILES string of the molecule is CC(=O)Nc1cc(Nc2cc(F)cc(S(C)(=O)=O)c2)c(-c2ccc(C(C)(C)O)cn2)cn1. The van der Waals surface area contributed by atoms with Crippen LogP contribution in [-0.4, -0.2) is 35.7 Å². The quantitative estimate of drug-likeness (QED) is 0.516. The van der Waals surface area contributed by atoms with Crippen LogP contribution in [0.3, 0.4) is 0 Å². The van der Waals surface area contributed by atoms with Crippen LogP contribution in [0.4, 0.5) is 21.6 Å². The highest BCUT2D eigenvalue weighted by Gasteiger charge is 2.18. The van der Waals surface area contributed by atoms with Crippen LogP contribution in [-0.2, 0) is 20.2 Å². The Morgan fingerprint density at radius 3 is 2.38 bits per heavy atom. The molecule has 10 heteroatoms. The first-order valence-electron chi connectivity index (χ1n) is 9.57. The van der Waals surface area contributed by atoms with Crippen molar-refractivity contribution in [3.63, 3.8) is 0 Å². The Labute approximate surface area is 185 Å². The van der Waals surface area contributed by atoms with Crippen molar-refractivity contribution >= 4 is 32.9 Å². The minimum atomic E-state index is -3.63. The van der Waals surface area contributed by atoms with Gasteiger partial charge in [-0.3, -0.25) is 9.78 Å². The van der Waals surface area contributed by atoms with Crippen molar-refractivity contribution in [1.29, 1.82) is 0 Å². The molecular formula is C22H23FN4O4S. The van der Waals surface area contributed by atoms with Gasteiger partial charge >= 0.3 is 0 Å². The van der Waals surface area contributed by atoms with Gasteiger partial charge in [0.1, 0.15) is 11.6 Å². The molecule has 168 valence electrons. The van der Waals surface area contributed by atoms with Crippen LogP contribution in [0.25, 0.3) is 11.3 Å². The Kier molecular flexibility index (Phi) is 6.29. The van der Waals surface area contributed by atoms with E-state index < -0.39 is 21.3 Å². The summed E-state index contributed by atoms with van der Waals surface area (Å²) in [6.07, 6.45) is 4.01. The third-order valence-corrected chi connectivity index (χ3v) is 5.62. The van der Waals surface area contributed by atoms with Crippen LogP contribution >= 0.6 is 0 Å². The minimum Gasteiger partial charge on any atom is -0.386 e. The maximum atomic E-state index is 14.1. The number of carbonyl (C=O) groups is 1. The Bertz CT molecular complexity index is 1270. The first-order valence-corrected chi connectivity index (χ1v) is 11.5. The van der Waals surface area contributed by atoms with E-state index in [1.54, 1.807) is 26.0 Å². The summed E-state index contributed by atoms with van der Waals surface area (Å²) in [6.45, 7) is 4.62. The predicted octanol–water partition coefficient (Wildman–Crippen LogP) is 3.62. The molecule has 1 amide bonds. The number of anilines is 3. The number of pyridine rings is 2. The second kappa shape index (κ2) is 8.64. The van der Waals surface area contributed by atoms with Crippen molar-refractivity contribution in [2.24, 2.45) is 0 Å². The van der Waals surface area contributed by atoms with Crippen LogP contribution in [0.1, 0.15) is 26.3 Å². The molecule has 0 radical (unpaired) electrons. The molecular weight excluding hydrogens is 435 g/mol. The summed E-state index contributed by atoms with van der Waals surface area (Å²) >= 11 is 0. The van der Waals surface area contributed by atoms with Crippen LogP contribution in [0.2, 0.25) is 0 Å². The number of nitrogens with zero attached hydrogens (tertiary/aromatic N) is 2. The summed E-state index contributed by atoms with van der Waals surface area (Å²) in [4.78, 5) is 19.9. The summed E-state index contributed by atoms with van der Waals surface area (Å²) in [7, 11) is -3.63. The lowest BCUT2D eigenvalue weighted by atomic mass is 9.99. The molecule has 0 aliphatic heterocycles. The number of benzene rings is 1. The van der Waals surface area contributed by atoms with E-state index in [2.05, 4.69) is 20.6 Å². The first kappa shape index (κ1) is 23.3. The zero-order valence-corrected chi connectivity index (χ0v) is 18.8. The number of amides is 1. The molecule has 0 bridgehead atoms. The van der Waals surface area contributed by atoms with Gasteiger partial charge in [-0.05, 0) is 38.1 Å². The fraction of sp³-hybridized carbons (Fsp3) is 0.227. The molecule has 0 atom stereocenters. The van der Waals surface area contributed by atoms with Crippen molar-refractivity contribution in [2.45, 2.75) is 31.3 Å². The highest BCUT2D eigenvalue weighted by molar-refractivity contribution is 7.90. The maximum absolute atomic E-state index is 14.1. The fourth-order valence-corrected chi connectivity index (χ4v) is 3.60. The summed E-state index contributed by atoms with van der Waals surface area (Å²) in [6, 6.07) is 8.35. The topological polar surface area (TPSA) is 121 Å². The second-order valence-electron chi connectivity index (χ2n) is 7.86. The third kappa shape index (κ3) is 5.65. The van der Waals surface area contributed by atoms with Gasteiger partial charge in [0.2, 0.25) is 5.91 Å². The van der Waals surface area contributed by atoms with Gasteiger partial charge in [-0.1, -0.05) is 6.07 Å². The Morgan fingerprint density at radius 1 is 1.09 bits per heavy atom. The molecule has 3 N–H and O–H groups in total. The number of sulfone groups is 1. The van der Waals surface area contributed by atoms with Crippen molar-refractivity contribution in [1.82, 2.24) is 9.97 Å². The Hall–Kier alpha value is -3.37. The molecule has 0 spiro atoms. The highest BCUT2D eigenvalue weighted by atomic mass is 32.2. The maximum Gasteiger partial charge on any atom is 0.222 e. The van der Waals surface area contributed by atoms with E-state index in [-0.39, 0.29) is 22.3 Å². The lowest BCUT2D eigenvalue weighted by Gasteiger charge is -2.18. The van der Waals surface area contributed by atoms with E-state index in [0.29, 0.717) is 22.5 Å². The summed E-state index contributed by atoms with van der Waals surface area (Å²) in [5.41, 5.74) is 1.18. The van der Waals surface area contributed by atoms with E-state index in [1.807, 2.05) is 0 Å². The third-order valence-electron chi connectivity index (χ3n) is 4.53. The van der Waals surface area contributed by atoms with Crippen molar-refractivity contribution in [3.05, 3.63) is 60.2 Å². The standard InChI is InChI=1S/C22H23FN4O4S/c1-13(28)26-21-10-20(27-16-7-15(23)8-17(9-16)32(4,30)31)18(12-25-21)19-6-5-14(11-24-19)22(2,3)29/h5-12,29H,1-4H3,(H2,25,26,27,28). The number of halogens is 1. The minimum absolute atomic E-state index is 0.176. The zero-order valence-electron chi connectivity index (χ0n) is 18.0. The number of hydrogen-bond acceptors (Lipinski definition) is 7. The van der Waals surface area contributed by atoms with Gasteiger partial charge in [-0.25, -0.2) is 17.8 Å². The smallest absolute Gasteiger partial charge is 0.222 e. The van der Waals surface area contributed by atoms with Crippen LogP contribution in [0.5, 0.6) is 0 Å².